The molecule has 6 heteroatoms. The minimum Gasteiger partial charge on any atom is -0.457 e. The molecule has 0 atom stereocenters. The van der Waals surface area contributed by atoms with Crippen LogP contribution in [-0.4, -0.2) is 9.55 Å². The number of fused-ring (bicyclic) bond motifs is 1. The third-order valence-electron chi connectivity index (χ3n) is 4.26. The van der Waals surface area contributed by atoms with E-state index in [1.807, 2.05) is 35.9 Å². The molecule has 0 fully saturated rings. The minimum absolute atomic E-state index is 0.409. The molecule has 132 valence electrons. The number of hydrogen-bond acceptors (Lipinski definition) is 3. The van der Waals surface area contributed by atoms with E-state index >= 15 is 0 Å². The first-order valence-corrected chi connectivity index (χ1v) is 8.91. The van der Waals surface area contributed by atoms with Crippen molar-refractivity contribution in [3.63, 3.8) is 0 Å². The predicted molar refractivity (Wildman–Crippen MR) is 108 cm³/mol. The Kier molecular flexibility index (Phi) is 4.49. The summed E-state index contributed by atoms with van der Waals surface area (Å²) in [6.07, 6.45) is 1.67. The summed E-state index contributed by atoms with van der Waals surface area (Å²) in [5, 5.41) is 10.8. The second-order valence-electron chi connectivity index (χ2n) is 5.98. The number of nitriles is 1. The molecule has 2 heterocycles. The second-order valence-corrected chi connectivity index (χ2v) is 6.82. The third-order valence-corrected chi connectivity index (χ3v) is 4.82. The number of hydrogen-bond donors (Lipinski definition) is 0. The highest BCUT2D eigenvalue weighted by atomic mass is 35.5. The molecule has 0 unspecified atom stereocenters. The molecule has 0 aliphatic heterocycles. The highest BCUT2D eigenvalue weighted by molar-refractivity contribution is 6.35. The minimum atomic E-state index is 0.409. The van der Waals surface area contributed by atoms with E-state index in [4.69, 9.17) is 27.6 Å². The van der Waals surface area contributed by atoms with Crippen LogP contribution >= 0.6 is 23.2 Å². The summed E-state index contributed by atoms with van der Waals surface area (Å²) in [6, 6.07) is 18.7. The molecule has 0 aliphatic carbocycles. The highest BCUT2D eigenvalue weighted by Crippen LogP contribution is 2.32. The summed E-state index contributed by atoms with van der Waals surface area (Å²) in [4.78, 5) is 4.56. The van der Waals surface area contributed by atoms with E-state index in [-0.39, 0.29) is 0 Å². The number of furan rings is 1. The number of aromatic nitrogens is 2. The van der Waals surface area contributed by atoms with Crippen molar-refractivity contribution < 1.29 is 4.42 Å². The summed E-state index contributed by atoms with van der Waals surface area (Å²) in [5.41, 5.74) is 2.90. The molecule has 0 saturated carbocycles. The quantitative estimate of drug-likeness (QED) is 0.389. The van der Waals surface area contributed by atoms with Gasteiger partial charge in [0.1, 0.15) is 17.6 Å². The summed E-state index contributed by atoms with van der Waals surface area (Å²) in [6.45, 7) is 0. The monoisotopic (exact) mass is 393 g/mol. The lowest BCUT2D eigenvalue weighted by Crippen LogP contribution is -1.95. The Morgan fingerprint density at radius 2 is 1.96 bits per heavy atom. The molecule has 4 nitrogen and oxygen atoms in total. The molecule has 27 heavy (non-hydrogen) atoms. The van der Waals surface area contributed by atoms with E-state index in [0.717, 1.165) is 11.0 Å². The van der Waals surface area contributed by atoms with Crippen molar-refractivity contribution in [2.75, 3.05) is 0 Å². The van der Waals surface area contributed by atoms with Gasteiger partial charge in [0.25, 0.3) is 0 Å². The molecule has 4 rings (SSSR count). The molecular formula is C21H13Cl2N3O. The molecule has 0 spiro atoms. The first kappa shape index (κ1) is 17.4. The largest absolute Gasteiger partial charge is 0.457 e. The molecule has 2 aromatic carbocycles. The number of allylic oxidation sites excluding steroid dienone is 1. The standard InChI is InChI=1S/C21H13Cl2N3O/c1-26-19-5-3-2-4-18(19)25-21(26)13(12-24)10-15-7-9-20(27-15)16-11-14(22)6-8-17(16)23/h2-11H,1H3/b13-10+. The normalized spacial score (nSPS) is 11.7. The van der Waals surface area contributed by atoms with E-state index in [0.29, 0.717) is 38.5 Å². The van der Waals surface area contributed by atoms with Crippen LogP contribution in [0.3, 0.4) is 0 Å². The van der Waals surface area contributed by atoms with Crippen molar-refractivity contribution >= 4 is 45.9 Å². The topological polar surface area (TPSA) is 54.8 Å². The predicted octanol–water partition coefficient (Wildman–Crippen LogP) is 6.20. The van der Waals surface area contributed by atoms with Crippen LogP contribution in [-0.2, 0) is 7.05 Å². The fourth-order valence-corrected chi connectivity index (χ4v) is 3.32. The molecule has 0 bridgehead atoms. The maximum atomic E-state index is 9.64. The molecule has 0 aliphatic rings. The van der Waals surface area contributed by atoms with Crippen LogP contribution in [0, 0.1) is 11.3 Å². The molecule has 4 aromatic rings. The molecule has 2 aromatic heterocycles. The lowest BCUT2D eigenvalue weighted by Gasteiger charge is -2.02. The number of rotatable bonds is 3. The molecular weight excluding hydrogens is 381 g/mol. The van der Waals surface area contributed by atoms with Crippen LogP contribution in [0.15, 0.2) is 59.0 Å². The third kappa shape index (κ3) is 3.23. The Balaban J connectivity index is 1.76. The van der Waals surface area contributed by atoms with Crippen LogP contribution < -0.4 is 0 Å². The van der Waals surface area contributed by atoms with Crippen LogP contribution in [0.5, 0.6) is 0 Å². The lowest BCUT2D eigenvalue weighted by molar-refractivity contribution is 0.572. The fraction of sp³-hybridized carbons (Fsp3) is 0.0476. The number of nitrogens with zero attached hydrogens (tertiary/aromatic N) is 3. The van der Waals surface area contributed by atoms with Gasteiger partial charge in [0, 0.05) is 23.7 Å². The SMILES string of the molecule is Cn1c(/C(C#N)=C/c2ccc(-c3cc(Cl)ccc3Cl)o2)nc2ccccc21. The summed E-state index contributed by atoms with van der Waals surface area (Å²) < 4.78 is 7.76. The van der Waals surface area contributed by atoms with Crippen LogP contribution in [0.25, 0.3) is 34.0 Å². The van der Waals surface area contributed by atoms with Crippen molar-refractivity contribution in [3.8, 4) is 17.4 Å². The second kappa shape index (κ2) is 6.96. The van der Waals surface area contributed by atoms with Crippen molar-refractivity contribution in [1.29, 1.82) is 5.26 Å². The Labute approximate surface area is 165 Å². The average molecular weight is 394 g/mol. The first-order chi connectivity index (χ1) is 13.1. The lowest BCUT2D eigenvalue weighted by atomic mass is 10.2. The van der Waals surface area contributed by atoms with Gasteiger partial charge >= 0.3 is 0 Å². The fourth-order valence-electron chi connectivity index (χ4n) is 2.94. The number of imidazole rings is 1. The zero-order valence-electron chi connectivity index (χ0n) is 14.3. The van der Waals surface area contributed by atoms with Gasteiger partial charge in [0.15, 0.2) is 5.82 Å². The zero-order valence-corrected chi connectivity index (χ0v) is 15.8. The van der Waals surface area contributed by atoms with Gasteiger partial charge in [0.05, 0.1) is 21.6 Å². The molecule has 0 saturated heterocycles. The summed E-state index contributed by atoms with van der Waals surface area (Å²) in [7, 11) is 1.88. The van der Waals surface area contributed by atoms with E-state index in [1.54, 1.807) is 36.4 Å². The Bertz CT molecular complexity index is 1230. The number of halogens is 2. The van der Waals surface area contributed by atoms with Crippen LogP contribution in [0.4, 0.5) is 0 Å². The van der Waals surface area contributed by atoms with E-state index in [1.165, 1.54) is 0 Å². The number of para-hydroxylation sites is 2. The van der Waals surface area contributed by atoms with Gasteiger partial charge in [-0.2, -0.15) is 5.26 Å². The Morgan fingerprint density at radius 3 is 2.74 bits per heavy atom. The Morgan fingerprint density at radius 1 is 1.15 bits per heavy atom. The van der Waals surface area contributed by atoms with Crippen molar-refractivity contribution in [2.24, 2.45) is 7.05 Å². The van der Waals surface area contributed by atoms with E-state index in [2.05, 4.69) is 11.1 Å². The summed E-state index contributed by atoms with van der Waals surface area (Å²) in [5.74, 6) is 1.69. The highest BCUT2D eigenvalue weighted by Gasteiger charge is 2.14. The van der Waals surface area contributed by atoms with Crippen molar-refractivity contribution in [3.05, 3.63) is 76.2 Å². The van der Waals surface area contributed by atoms with Crippen LogP contribution in [0.2, 0.25) is 10.0 Å². The molecule has 0 N–H and O–H groups in total. The maximum Gasteiger partial charge on any atom is 0.151 e. The van der Waals surface area contributed by atoms with Gasteiger partial charge in [-0.25, -0.2) is 4.98 Å². The van der Waals surface area contributed by atoms with Gasteiger partial charge in [-0.15, -0.1) is 0 Å². The molecule has 0 amide bonds. The Hall–Kier alpha value is -3.00. The van der Waals surface area contributed by atoms with E-state index in [9.17, 15) is 5.26 Å². The maximum absolute atomic E-state index is 9.64. The number of aryl methyl sites for hydroxylation is 1. The number of benzene rings is 2. The zero-order chi connectivity index (χ0) is 19.0. The van der Waals surface area contributed by atoms with Gasteiger partial charge in [0.2, 0.25) is 0 Å². The smallest absolute Gasteiger partial charge is 0.151 e. The van der Waals surface area contributed by atoms with Crippen molar-refractivity contribution in [2.45, 2.75) is 0 Å². The van der Waals surface area contributed by atoms with Gasteiger partial charge in [-0.05, 0) is 42.5 Å². The van der Waals surface area contributed by atoms with E-state index < -0.39 is 0 Å². The molecule has 0 radical (unpaired) electrons. The van der Waals surface area contributed by atoms with Gasteiger partial charge < -0.3 is 8.98 Å². The first-order valence-electron chi connectivity index (χ1n) is 8.15. The average Bonchev–Trinajstić information content (AvgIpc) is 3.27. The van der Waals surface area contributed by atoms with Gasteiger partial charge in [-0.1, -0.05) is 35.3 Å². The van der Waals surface area contributed by atoms with Gasteiger partial charge in [-0.3, -0.25) is 0 Å². The summed E-state index contributed by atoms with van der Waals surface area (Å²) >= 11 is 12.3. The van der Waals surface area contributed by atoms with Crippen LogP contribution in [0.1, 0.15) is 11.6 Å². The van der Waals surface area contributed by atoms with Crippen molar-refractivity contribution in [1.82, 2.24) is 9.55 Å².